The van der Waals surface area contributed by atoms with Crippen LogP contribution in [0.3, 0.4) is 0 Å². The Morgan fingerprint density at radius 1 is 0.892 bits per heavy atom. The quantitative estimate of drug-likeness (QED) is 0.376. The first-order valence-electron chi connectivity index (χ1n) is 12.0. The van der Waals surface area contributed by atoms with Crippen molar-refractivity contribution < 1.29 is 32.6 Å². The molecule has 0 heterocycles. The lowest BCUT2D eigenvalue weighted by molar-refractivity contribution is -0.274. The monoisotopic (exact) mass is 512 g/mol. The Hall–Kier alpha value is -4.01. The number of aryl methyl sites for hydroxylation is 2. The number of nitrogens with one attached hydrogen (secondary N) is 1. The molecule has 0 spiro atoms. The van der Waals surface area contributed by atoms with Crippen LogP contribution in [0.4, 0.5) is 18.9 Å². The van der Waals surface area contributed by atoms with Crippen molar-refractivity contribution in [3.63, 3.8) is 0 Å². The van der Waals surface area contributed by atoms with Crippen molar-refractivity contribution in [2.45, 2.75) is 45.1 Å². The second-order valence-corrected chi connectivity index (χ2v) is 8.95. The zero-order chi connectivity index (χ0) is 26.4. The molecule has 4 rings (SSSR count). The Balaban J connectivity index is 1.52. The third kappa shape index (κ3) is 7.49. The van der Waals surface area contributed by atoms with Gasteiger partial charge in [0.25, 0.3) is 5.91 Å². The van der Waals surface area contributed by atoms with Gasteiger partial charge in [-0.3, -0.25) is 9.59 Å². The van der Waals surface area contributed by atoms with Crippen LogP contribution in [0.1, 0.15) is 45.5 Å². The van der Waals surface area contributed by atoms with E-state index in [2.05, 4.69) is 33.2 Å². The fourth-order valence-electron chi connectivity index (χ4n) is 4.41. The summed E-state index contributed by atoms with van der Waals surface area (Å²) in [6.45, 7) is 1.03. The minimum atomic E-state index is -4.75. The van der Waals surface area contributed by atoms with Crippen LogP contribution < -0.4 is 15.0 Å². The first kappa shape index (κ1) is 26.1. The van der Waals surface area contributed by atoms with E-state index < -0.39 is 12.3 Å². The van der Waals surface area contributed by atoms with Gasteiger partial charge in [-0.25, -0.2) is 0 Å². The number of benzene rings is 3. The van der Waals surface area contributed by atoms with E-state index in [9.17, 15) is 22.8 Å². The third-order valence-electron chi connectivity index (χ3n) is 6.19. The summed E-state index contributed by atoms with van der Waals surface area (Å²) in [6, 6.07) is 19.2. The van der Waals surface area contributed by atoms with Gasteiger partial charge in [-0.1, -0.05) is 30.3 Å². The van der Waals surface area contributed by atoms with Crippen LogP contribution in [0.5, 0.6) is 5.75 Å². The highest BCUT2D eigenvalue weighted by Gasteiger charge is 2.31. The molecule has 2 N–H and O–H groups in total. The first-order chi connectivity index (χ1) is 17.7. The zero-order valence-electron chi connectivity index (χ0n) is 20.1. The summed E-state index contributed by atoms with van der Waals surface area (Å²) in [5, 5.41) is 11.3. The molecule has 6 nitrogen and oxygen atoms in total. The molecule has 194 valence electrons. The van der Waals surface area contributed by atoms with Crippen LogP contribution in [-0.2, 0) is 30.7 Å². The average molecular weight is 513 g/mol. The Morgan fingerprint density at radius 3 is 2.22 bits per heavy atom. The Bertz CT molecular complexity index is 1240. The molecule has 0 atom stereocenters. The maximum atomic E-state index is 12.5. The number of carbonyl (C=O) groups is 2. The molecular weight excluding hydrogens is 485 g/mol. The van der Waals surface area contributed by atoms with Gasteiger partial charge in [-0.15, -0.1) is 13.2 Å². The first-order valence-corrected chi connectivity index (χ1v) is 12.0. The van der Waals surface area contributed by atoms with E-state index >= 15 is 0 Å². The molecular formula is C28H27F3N2O4. The molecule has 0 saturated carbocycles. The van der Waals surface area contributed by atoms with Crippen LogP contribution in [-0.4, -0.2) is 29.9 Å². The third-order valence-corrected chi connectivity index (χ3v) is 6.19. The normalized spacial score (nSPS) is 12.6. The van der Waals surface area contributed by atoms with Crippen molar-refractivity contribution in [1.82, 2.24) is 5.32 Å². The Kier molecular flexibility index (Phi) is 8.01. The number of ether oxygens (including phenoxy) is 1. The molecule has 37 heavy (non-hydrogen) atoms. The lowest BCUT2D eigenvalue weighted by Crippen LogP contribution is -2.26. The topological polar surface area (TPSA) is 78.9 Å². The van der Waals surface area contributed by atoms with Crippen LogP contribution in [0, 0.1) is 0 Å². The molecule has 1 amide bonds. The summed E-state index contributed by atoms with van der Waals surface area (Å²) in [5.74, 6) is -1.63. The molecule has 0 radical (unpaired) electrons. The van der Waals surface area contributed by atoms with Gasteiger partial charge in [0.15, 0.2) is 0 Å². The predicted molar refractivity (Wildman–Crippen MR) is 133 cm³/mol. The fourth-order valence-corrected chi connectivity index (χ4v) is 4.41. The van der Waals surface area contributed by atoms with E-state index in [1.54, 1.807) is 36.4 Å². The molecule has 0 aliphatic heterocycles. The summed E-state index contributed by atoms with van der Waals surface area (Å²) in [7, 11) is 0. The van der Waals surface area contributed by atoms with E-state index in [-0.39, 0.29) is 24.6 Å². The van der Waals surface area contributed by atoms with Crippen LogP contribution in [0.25, 0.3) is 0 Å². The van der Waals surface area contributed by atoms with Crippen LogP contribution in [0.2, 0.25) is 0 Å². The lowest BCUT2D eigenvalue weighted by Gasteiger charge is -2.26. The average Bonchev–Trinajstić information content (AvgIpc) is 3.32. The molecule has 0 unspecified atom stereocenters. The van der Waals surface area contributed by atoms with Gasteiger partial charge in [0.1, 0.15) is 5.75 Å². The maximum Gasteiger partial charge on any atom is 0.573 e. The van der Waals surface area contributed by atoms with Gasteiger partial charge in [0.05, 0.1) is 6.42 Å². The van der Waals surface area contributed by atoms with E-state index in [1.165, 1.54) is 23.3 Å². The number of hydrogen-bond acceptors (Lipinski definition) is 4. The fraction of sp³-hybridized carbons (Fsp3) is 0.286. The standard InChI is InChI=1S/C28H27F3N2O4/c29-28(30,31)37-25-12-5-19(6-13-25)17-33(18-20-4-7-21-2-1-3-23(21)16-20)24-10-8-22(9-11-24)27(36)32-15-14-26(34)35/h4-13,16H,1-3,14-15,17-18H2,(H,32,36)(H,34,35). The highest BCUT2D eigenvalue weighted by Crippen LogP contribution is 2.27. The number of amides is 1. The predicted octanol–water partition coefficient (Wildman–Crippen LogP) is 5.49. The van der Waals surface area contributed by atoms with Crippen LogP contribution in [0.15, 0.2) is 66.7 Å². The summed E-state index contributed by atoms with van der Waals surface area (Å²) in [6.07, 6.45) is -1.63. The largest absolute Gasteiger partial charge is 0.573 e. The SMILES string of the molecule is O=C(O)CCNC(=O)c1ccc(N(Cc2ccc(OC(F)(F)F)cc2)Cc2ccc3c(c2)CCC3)cc1. The van der Waals surface area contributed by atoms with Gasteiger partial charge in [-0.05, 0) is 77.9 Å². The Morgan fingerprint density at radius 2 is 1.54 bits per heavy atom. The number of rotatable bonds is 10. The number of aliphatic carboxylic acids is 1. The van der Waals surface area contributed by atoms with Crippen molar-refractivity contribution in [2.75, 3.05) is 11.4 Å². The number of halogens is 3. The molecule has 0 saturated heterocycles. The van der Waals surface area contributed by atoms with Gasteiger partial charge >= 0.3 is 12.3 Å². The van der Waals surface area contributed by atoms with E-state index in [1.807, 2.05) is 0 Å². The number of carbonyl (C=O) groups excluding carboxylic acids is 1. The number of nitrogens with zero attached hydrogens (tertiary/aromatic N) is 1. The molecule has 3 aromatic carbocycles. The van der Waals surface area contributed by atoms with Gasteiger partial charge < -0.3 is 20.1 Å². The number of anilines is 1. The number of alkyl halides is 3. The summed E-state index contributed by atoms with van der Waals surface area (Å²) in [4.78, 5) is 25.1. The summed E-state index contributed by atoms with van der Waals surface area (Å²) in [5.41, 5.74) is 5.87. The molecule has 0 bridgehead atoms. The molecule has 1 aliphatic rings. The molecule has 0 fully saturated rings. The maximum absolute atomic E-state index is 12.5. The highest BCUT2D eigenvalue weighted by molar-refractivity contribution is 5.94. The zero-order valence-corrected chi connectivity index (χ0v) is 20.1. The van der Waals surface area contributed by atoms with Crippen molar-refractivity contribution in [1.29, 1.82) is 0 Å². The smallest absolute Gasteiger partial charge is 0.481 e. The van der Waals surface area contributed by atoms with Gasteiger partial charge in [0.2, 0.25) is 0 Å². The van der Waals surface area contributed by atoms with Gasteiger partial charge in [-0.2, -0.15) is 0 Å². The van der Waals surface area contributed by atoms with Crippen molar-refractivity contribution in [3.05, 3.63) is 94.5 Å². The summed E-state index contributed by atoms with van der Waals surface area (Å²) < 4.78 is 41.5. The number of carboxylic acids is 1. The number of carboxylic acid groups (broad SMARTS) is 1. The number of fused-ring (bicyclic) bond motifs is 1. The molecule has 3 aromatic rings. The molecule has 0 aromatic heterocycles. The molecule has 9 heteroatoms. The lowest BCUT2D eigenvalue weighted by atomic mass is 10.1. The Labute approximate surface area is 212 Å². The van der Waals surface area contributed by atoms with Crippen LogP contribution >= 0.6 is 0 Å². The second kappa shape index (κ2) is 11.4. The highest BCUT2D eigenvalue weighted by atomic mass is 19.4. The van der Waals surface area contributed by atoms with Crippen molar-refractivity contribution >= 4 is 17.6 Å². The van der Waals surface area contributed by atoms with Gasteiger partial charge in [0, 0.05) is 30.9 Å². The van der Waals surface area contributed by atoms with Crippen molar-refractivity contribution in [2.24, 2.45) is 0 Å². The minimum absolute atomic E-state index is 0.0361. The van der Waals surface area contributed by atoms with E-state index in [4.69, 9.17) is 5.11 Å². The second-order valence-electron chi connectivity index (χ2n) is 8.95. The number of hydrogen-bond donors (Lipinski definition) is 2. The summed E-state index contributed by atoms with van der Waals surface area (Å²) >= 11 is 0. The minimum Gasteiger partial charge on any atom is -0.481 e. The molecule has 1 aliphatic carbocycles. The van der Waals surface area contributed by atoms with Crippen molar-refractivity contribution in [3.8, 4) is 5.75 Å². The van der Waals surface area contributed by atoms with E-state index in [0.717, 1.165) is 36.1 Å². The van der Waals surface area contributed by atoms with E-state index in [0.29, 0.717) is 18.7 Å².